The molecule has 0 saturated carbocycles. The quantitative estimate of drug-likeness (QED) is 0.838. The van der Waals surface area contributed by atoms with E-state index in [-0.39, 0.29) is 11.9 Å². The van der Waals surface area contributed by atoms with Gasteiger partial charge in [-0.05, 0) is 42.8 Å². The van der Waals surface area contributed by atoms with Crippen LogP contribution in [-0.4, -0.2) is 5.16 Å². The second-order valence-corrected chi connectivity index (χ2v) is 5.31. The first-order chi connectivity index (χ1) is 8.90. The SMILES string of the molecule is Cc1noc(C)c1C(C)Nc1cc(Br)c(F)cc1N. The highest BCUT2D eigenvalue weighted by atomic mass is 79.9. The van der Waals surface area contributed by atoms with Crippen LogP contribution < -0.4 is 11.1 Å². The molecular formula is C13H15BrFN3O. The molecule has 1 aromatic heterocycles. The average Bonchev–Trinajstić information content (AvgIpc) is 2.66. The number of halogens is 2. The second-order valence-electron chi connectivity index (χ2n) is 4.46. The lowest BCUT2D eigenvalue weighted by Gasteiger charge is -2.17. The first-order valence-electron chi connectivity index (χ1n) is 5.84. The molecule has 4 nitrogen and oxygen atoms in total. The summed E-state index contributed by atoms with van der Waals surface area (Å²) in [4.78, 5) is 0. The fourth-order valence-corrected chi connectivity index (χ4v) is 2.44. The van der Waals surface area contributed by atoms with E-state index in [1.807, 2.05) is 20.8 Å². The summed E-state index contributed by atoms with van der Waals surface area (Å²) in [5.41, 5.74) is 8.65. The third kappa shape index (κ3) is 2.73. The summed E-state index contributed by atoms with van der Waals surface area (Å²) in [5.74, 6) is 0.380. The summed E-state index contributed by atoms with van der Waals surface area (Å²) >= 11 is 3.15. The highest BCUT2D eigenvalue weighted by molar-refractivity contribution is 9.10. The second kappa shape index (κ2) is 5.21. The molecule has 0 fully saturated rings. The van der Waals surface area contributed by atoms with Crippen LogP contribution in [0.3, 0.4) is 0 Å². The Kier molecular flexibility index (Phi) is 3.80. The van der Waals surface area contributed by atoms with Gasteiger partial charge in [-0.25, -0.2) is 4.39 Å². The molecule has 0 spiro atoms. The smallest absolute Gasteiger partial charge is 0.139 e. The van der Waals surface area contributed by atoms with Gasteiger partial charge in [0.25, 0.3) is 0 Å². The van der Waals surface area contributed by atoms with Crippen molar-refractivity contribution >= 4 is 27.3 Å². The van der Waals surface area contributed by atoms with Gasteiger partial charge in [-0.15, -0.1) is 0 Å². The van der Waals surface area contributed by atoms with Gasteiger partial charge in [0.2, 0.25) is 0 Å². The van der Waals surface area contributed by atoms with Gasteiger partial charge in [0.15, 0.2) is 0 Å². The summed E-state index contributed by atoms with van der Waals surface area (Å²) in [7, 11) is 0. The van der Waals surface area contributed by atoms with E-state index in [4.69, 9.17) is 10.3 Å². The van der Waals surface area contributed by atoms with Crippen LogP contribution in [0.15, 0.2) is 21.1 Å². The lowest BCUT2D eigenvalue weighted by Crippen LogP contribution is -2.10. The number of hydrogen-bond acceptors (Lipinski definition) is 4. The largest absolute Gasteiger partial charge is 0.397 e. The number of aryl methyl sites for hydroxylation is 2. The molecule has 1 heterocycles. The Morgan fingerprint density at radius 3 is 2.68 bits per heavy atom. The Morgan fingerprint density at radius 2 is 2.11 bits per heavy atom. The van der Waals surface area contributed by atoms with Gasteiger partial charge in [0.05, 0.1) is 27.6 Å². The van der Waals surface area contributed by atoms with Crippen molar-refractivity contribution in [2.24, 2.45) is 0 Å². The highest BCUT2D eigenvalue weighted by Crippen LogP contribution is 2.31. The van der Waals surface area contributed by atoms with Crippen LogP contribution in [0.2, 0.25) is 0 Å². The minimum atomic E-state index is -0.381. The van der Waals surface area contributed by atoms with Gasteiger partial charge in [-0.3, -0.25) is 0 Å². The van der Waals surface area contributed by atoms with E-state index < -0.39 is 0 Å². The minimum Gasteiger partial charge on any atom is -0.397 e. The van der Waals surface area contributed by atoms with E-state index in [1.165, 1.54) is 6.07 Å². The van der Waals surface area contributed by atoms with Crippen molar-refractivity contribution in [3.05, 3.63) is 39.4 Å². The zero-order valence-corrected chi connectivity index (χ0v) is 12.5. The van der Waals surface area contributed by atoms with Gasteiger partial charge in [0, 0.05) is 11.6 Å². The molecule has 0 radical (unpaired) electrons. The Labute approximate surface area is 119 Å². The fourth-order valence-electron chi connectivity index (χ4n) is 2.10. The van der Waals surface area contributed by atoms with E-state index in [0.29, 0.717) is 15.8 Å². The number of hydrogen-bond donors (Lipinski definition) is 2. The normalized spacial score (nSPS) is 12.5. The number of aromatic nitrogens is 1. The summed E-state index contributed by atoms with van der Waals surface area (Å²) < 4.78 is 18.8. The number of anilines is 2. The maximum Gasteiger partial charge on any atom is 0.139 e. The maximum absolute atomic E-state index is 13.3. The van der Waals surface area contributed by atoms with Crippen molar-refractivity contribution in [1.82, 2.24) is 5.16 Å². The fraction of sp³-hybridized carbons (Fsp3) is 0.308. The zero-order valence-electron chi connectivity index (χ0n) is 10.9. The monoisotopic (exact) mass is 327 g/mol. The molecule has 0 amide bonds. The summed E-state index contributed by atoms with van der Waals surface area (Å²) in [6.07, 6.45) is 0. The maximum atomic E-state index is 13.3. The highest BCUT2D eigenvalue weighted by Gasteiger charge is 2.17. The predicted molar refractivity (Wildman–Crippen MR) is 76.5 cm³/mol. The molecule has 1 unspecified atom stereocenters. The number of nitrogens with one attached hydrogen (secondary N) is 1. The molecular weight excluding hydrogens is 313 g/mol. The van der Waals surface area contributed by atoms with Gasteiger partial charge in [-0.1, -0.05) is 5.16 Å². The van der Waals surface area contributed by atoms with Crippen LogP contribution in [0, 0.1) is 19.7 Å². The van der Waals surface area contributed by atoms with Crippen molar-refractivity contribution in [2.75, 3.05) is 11.1 Å². The molecule has 0 aliphatic rings. The lowest BCUT2D eigenvalue weighted by molar-refractivity contribution is 0.392. The van der Waals surface area contributed by atoms with Crippen LogP contribution in [0.5, 0.6) is 0 Å². The third-order valence-electron chi connectivity index (χ3n) is 2.99. The molecule has 1 atom stereocenters. The van der Waals surface area contributed by atoms with Crippen molar-refractivity contribution in [3.63, 3.8) is 0 Å². The molecule has 0 bridgehead atoms. The van der Waals surface area contributed by atoms with Crippen LogP contribution in [0.25, 0.3) is 0 Å². The lowest BCUT2D eigenvalue weighted by atomic mass is 10.1. The van der Waals surface area contributed by atoms with E-state index in [1.54, 1.807) is 6.07 Å². The molecule has 0 aliphatic carbocycles. The van der Waals surface area contributed by atoms with E-state index in [2.05, 4.69) is 26.4 Å². The van der Waals surface area contributed by atoms with Crippen LogP contribution in [-0.2, 0) is 0 Å². The first-order valence-corrected chi connectivity index (χ1v) is 6.63. The van der Waals surface area contributed by atoms with Crippen molar-refractivity contribution in [3.8, 4) is 0 Å². The van der Waals surface area contributed by atoms with Crippen molar-refractivity contribution < 1.29 is 8.91 Å². The van der Waals surface area contributed by atoms with Crippen LogP contribution >= 0.6 is 15.9 Å². The molecule has 1 aromatic carbocycles. The third-order valence-corrected chi connectivity index (χ3v) is 3.59. The molecule has 0 aliphatic heterocycles. The molecule has 3 N–H and O–H groups in total. The molecule has 2 rings (SSSR count). The number of nitrogen functional groups attached to an aromatic ring is 1. The van der Waals surface area contributed by atoms with Gasteiger partial charge in [0.1, 0.15) is 11.6 Å². The van der Waals surface area contributed by atoms with Crippen molar-refractivity contribution in [1.29, 1.82) is 0 Å². The number of nitrogens with zero attached hydrogens (tertiary/aromatic N) is 1. The number of benzene rings is 1. The van der Waals surface area contributed by atoms with E-state index >= 15 is 0 Å². The molecule has 0 saturated heterocycles. The molecule has 2 aromatic rings. The Hall–Kier alpha value is -1.56. The Balaban J connectivity index is 2.29. The topological polar surface area (TPSA) is 64.1 Å². The van der Waals surface area contributed by atoms with Gasteiger partial charge in [-0.2, -0.15) is 0 Å². The zero-order chi connectivity index (χ0) is 14.2. The summed E-state index contributed by atoms with van der Waals surface area (Å²) in [6.45, 7) is 5.72. The molecule has 102 valence electrons. The first kappa shape index (κ1) is 13.9. The van der Waals surface area contributed by atoms with Crippen molar-refractivity contribution in [2.45, 2.75) is 26.8 Å². The van der Waals surface area contributed by atoms with E-state index in [0.717, 1.165) is 17.0 Å². The van der Waals surface area contributed by atoms with Crippen LogP contribution in [0.1, 0.15) is 30.0 Å². The summed E-state index contributed by atoms with van der Waals surface area (Å²) in [6, 6.07) is 2.87. The average molecular weight is 328 g/mol. The summed E-state index contributed by atoms with van der Waals surface area (Å²) in [5, 5.41) is 7.16. The number of nitrogens with two attached hydrogens (primary N) is 1. The standard InChI is InChI=1S/C13H15BrFN3O/c1-6(13-7(2)18-19-8(13)3)17-12-4-9(14)10(15)5-11(12)16/h4-6,17H,16H2,1-3H3. The van der Waals surface area contributed by atoms with Gasteiger partial charge < -0.3 is 15.6 Å². The van der Waals surface area contributed by atoms with E-state index in [9.17, 15) is 4.39 Å². The molecule has 6 heteroatoms. The Morgan fingerprint density at radius 1 is 1.42 bits per heavy atom. The van der Waals surface area contributed by atoms with Crippen LogP contribution in [0.4, 0.5) is 15.8 Å². The Bertz CT molecular complexity index is 593. The molecule has 19 heavy (non-hydrogen) atoms. The number of rotatable bonds is 3. The minimum absolute atomic E-state index is 0.0362. The van der Waals surface area contributed by atoms with Gasteiger partial charge >= 0.3 is 0 Å². The predicted octanol–water partition coefficient (Wildman–Crippen LogP) is 3.95.